The van der Waals surface area contributed by atoms with E-state index in [1.165, 1.54) is 5.56 Å². The minimum atomic E-state index is 0.0828. The number of nitrogens with one attached hydrogen (secondary N) is 2. The van der Waals surface area contributed by atoms with Gasteiger partial charge < -0.3 is 20.1 Å². The lowest BCUT2D eigenvalue weighted by atomic mass is 10.2. The summed E-state index contributed by atoms with van der Waals surface area (Å²) in [6.45, 7) is 10.2. The van der Waals surface area contributed by atoms with E-state index in [-0.39, 0.29) is 6.10 Å². The summed E-state index contributed by atoms with van der Waals surface area (Å²) in [7, 11) is 1.96. The fourth-order valence-corrected chi connectivity index (χ4v) is 2.41. The summed E-state index contributed by atoms with van der Waals surface area (Å²) in [4.78, 5) is 4.65. The van der Waals surface area contributed by atoms with Crippen molar-refractivity contribution in [3.8, 4) is 0 Å². The maximum Gasteiger partial charge on any atom is 0.191 e. The highest BCUT2D eigenvalue weighted by atomic mass is 16.6. The quantitative estimate of drug-likeness (QED) is 0.612. The monoisotopic (exact) mass is 309 g/mol. The number of hydrogen-bond donors (Lipinski definition) is 2. The van der Waals surface area contributed by atoms with E-state index >= 15 is 0 Å². The third-order valence-electron chi connectivity index (χ3n) is 3.78. The topological polar surface area (TPSA) is 72.7 Å². The lowest BCUT2D eigenvalue weighted by molar-refractivity contribution is -0.0850. The predicted molar refractivity (Wildman–Crippen MR) is 86.1 cm³/mol. The average Bonchev–Trinajstić information content (AvgIpc) is 2.76. The van der Waals surface area contributed by atoms with Gasteiger partial charge in [-0.15, -0.1) is 0 Å². The molecule has 7 heteroatoms. The van der Waals surface area contributed by atoms with E-state index < -0.39 is 0 Å². The molecule has 0 aromatic carbocycles. The number of nitrogens with zero attached hydrogens (tertiary/aromatic N) is 3. The van der Waals surface area contributed by atoms with E-state index in [1.54, 1.807) is 0 Å². The lowest BCUT2D eigenvalue weighted by Crippen LogP contribution is -2.44. The Morgan fingerprint density at radius 3 is 2.77 bits per heavy atom. The highest BCUT2D eigenvalue weighted by Gasteiger charge is 2.15. The van der Waals surface area contributed by atoms with Gasteiger partial charge in [0.2, 0.25) is 0 Å². The number of rotatable bonds is 5. The van der Waals surface area contributed by atoms with Crippen molar-refractivity contribution >= 4 is 5.96 Å². The van der Waals surface area contributed by atoms with Gasteiger partial charge in [-0.25, -0.2) is 4.99 Å². The zero-order valence-electron chi connectivity index (χ0n) is 14.0. The Bertz CT molecular complexity index is 506. The Hall–Kier alpha value is -1.60. The Labute approximate surface area is 132 Å². The molecular formula is C15H27N5O2. The van der Waals surface area contributed by atoms with Gasteiger partial charge in [-0.05, 0) is 20.8 Å². The number of aliphatic imine (C=N–C) groups is 1. The smallest absolute Gasteiger partial charge is 0.191 e. The molecule has 2 rings (SSSR count). The van der Waals surface area contributed by atoms with Crippen LogP contribution in [0.25, 0.3) is 0 Å². The first kappa shape index (κ1) is 16.8. The molecule has 0 radical (unpaired) electrons. The van der Waals surface area contributed by atoms with Crippen LogP contribution in [0.5, 0.6) is 0 Å². The molecule has 0 bridgehead atoms. The number of guanidine groups is 1. The van der Waals surface area contributed by atoms with Crippen LogP contribution in [-0.2, 0) is 23.1 Å². The summed E-state index contributed by atoms with van der Waals surface area (Å²) in [5.41, 5.74) is 3.36. The van der Waals surface area contributed by atoms with E-state index in [0.29, 0.717) is 32.9 Å². The third-order valence-corrected chi connectivity index (χ3v) is 3.78. The van der Waals surface area contributed by atoms with Crippen molar-refractivity contribution in [3.63, 3.8) is 0 Å². The summed E-state index contributed by atoms with van der Waals surface area (Å²) in [6, 6.07) is 0. The van der Waals surface area contributed by atoms with E-state index in [0.717, 1.165) is 23.9 Å². The zero-order chi connectivity index (χ0) is 15.9. The van der Waals surface area contributed by atoms with Gasteiger partial charge in [0, 0.05) is 31.4 Å². The van der Waals surface area contributed by atoms with E-state index in [1.807, 2.05) is 18.7 Å². The van der Waals surface area contributed by atoms with Gasteiger partial charge in [-0.3, -0.25) is 4.68 Å². The van der Waals surface area contributed by atoms with Crippen LogP contribution < -0.4 is 10.6 Å². The summed E-state index contributed by atoms with van der Waals surface area (Å²) >= 11 is 0. The highest BCUT2D eigenvalue weighted by Crippen LogP contribution is 2.12. The second kappa shape index (κ2) is 8.14. The molecule has 2 heterocycles. The first-order valence-electron chi connectivity index (χ1n) is 7.82. The largest absolute Gasteiger partial charge is 0.376 e. The van der Waals surface area contributed by atoms with E-state index in [2.05, 4.69) is 34.6 Å². The predicted octanol–water partition coefficient (Wildman–Crippen LogP) is 0.507. The fourth-order valence-electron chi connectivity index (χ4n) is 2.41. The maximum absolute atomic E-state index is 5.63. The number of aryl methyl sites for hydroxylation is 2. The van der Waals surface area contributed by atoms with Crippen molar-refractivity contribution in [3.05, 3.63) is 17.0 Å². The molecule has 0 aliphatic carbocycles. The van der Waals surface area contributed by atoms with Crippen LogP contribution in [0.4, 0.5) is 0 Å². The number of hydrogen-bond acceptors (Lipinski definition) is 4. The summed E-state index contributed by atoms with van der Waals surface area (Å²) in [5.74, 6) is 0.791. The number of aromatic nitrogens is 2. The standard InChI is InChI=1S/C15H27N5O2/c1-5-16-15(17-8-13-10-21-6-7-22-13)18-9-14-11(2)19-20(4)12(14)3/h13H,5-10H2,1-4H3,(H2,16,17,18). The molecule has 2 N–H and O–H groups in total. The maximum atomic E-state index is 5.63. The number of ether oxygens (including phenoxy) is 2. The summed E-state index contributed by atoms with van der Waals surface area (Å²) in [5, 5.41) is 11.0. The van der Waals surface area contributed by atoms with Gasteiger partial charge in [0.15, 0.2) is 5.96 Å². The van der Waals surface area contributed by atoms with E-state index in [4.69, 9.17) is 9.47 Å². The van der Waals surface area contributed by atoms with E-state index in [9.17, 15) is 0 Å². The van der Waals surface area contributed by atoms with Crippen molar-refractivity contribution < 1.29 is 9.47 Å². The van der Waals surface area contributed by atoms with Gasteiger partial charge >= 0.3 is 0 Å². The SMILES string of the molecule is CCNC(=NCc1c(C)nn(C)c1C)NCC1COCCO1. The summed E-state index contributed by atoms with van der Waals surface area (Å²) < 4.78 is 12.9. The Morgan fingerprint density at radius 2 is 2.18 bits per heavy atom. The fraction of sp³-hybridized carbons (Fsp3) is 0.733. The zero-order valence-corrected chi connectivity index (χ0v) is 14.0. The van der Waals surface area contributed by atoms with Crippen LogP contribution in [0.3, 0.4) is 0 Å². The average molecular weight is 309 g/mol. The van der Waals surface area contributed by atoms with Crippen LogP contribution in [0.2, 0.25) is 0 Å². The summed E-state index contributed by atoms with van der Waals surface area (Å²) in [6.07, 6.45) is 0.0828. The molecule has 1 aliphatic rings. The molecule has 1 saturated heterocycles. The molecular weight excluding hydrogens is 282 g/mol. The van der Waals surface area contributed by atoms with Gasteiger partial charge in [-0.2, -0.15) is 5.10 Å². The molecule has 0 spiro atoms. The minimum Gasteiger partial charge on any atom is -0.376 e. The van der Waals surface area contributed by atoms with Crippen molar-refractivity contribution in [2.24, 2.45) is 12.0 Å². The van der Waals surface area contributed by atoms with Crippen LogP contribution in [0.15, 0.2) is 4.99 Å². The van der Waals surface area contributed by atoms with Crippen LogP contribution in [-0.4, -0.2) is 54.8 Å². The van der Waals surface area contributed by atoms with Gasteiger partial charge in [-0.1, -0.05) is 0 Å². The lowest BCUT2D eigenvalue weighted by Gasteiger charge is -2.24. The van der Waals surface area contributed by atoms with Crippen LogP contribution in [0, 0.1) is 13.8 Å². The molecule has 1 aromatic rings. The normalized spacial score (nSPS) is 19.3. The van der Waals surface area contributed by atoms with Crippen molar-refractivity contribution in [2.45, 2.75) is 33.4 Å². The first-order valence-corrected chi connectivity index (χ1v) is 7.82. The van der Waals surface area contributed by atoms with Crippen molar-refractivity contribution in [2.75, 3.05) is 32.9 Å². The first-order chi connectivity index (χ1) is 10.6. The van der Waals surface area contributed by atoms with Crippen molar-refractivity contribution in [1.82, 2.24) is 20.4 Å². The second-order valence-electron chi connectivity index (χ2n) is 5.42. The Balaban J connectivity index is 1.94. The molecule has 1 aromatic heterocycles. The molecule has 1 unspecified atom stereocenters. The third kappa shape index (κ3) is 4.45. The van der Waals surface area contributed by atoms with Gasteiger partial charge in [0.25, 0.3) is 0 Å². The molecule has 1 aliphatic heterocycles. The molecule has 0 saturated carbocycles. The van der Waals surface area contributed by atoms with Gasteiger partial charge in [0.05, 0.1) is 38.2 Å². The molecule has 0 amide bonds. The molecule has 1 atom stereocenters. The minimum absolute atomic E-state index is 0.0828. The highest BCUT2D eigenvalue weighted by molar-refractivity contribution is 5.79. The van der Waals surface area contributed by atoms with Crippen LogP contribution in [0.1, 0.15) is 23.9 Å². The molecule has 1 fully saturated rings. The molecule has 22 heavy (non-hydrogen) atoms. The van der Waals surface area contributed by atoms with Crippen LogP contribution >= 0.6 is 0 Å². The Kier molecular flexibility index (Phi) is 6.21. The Morgan fingerprint density at radius 1 is 1.36 bits per heavy atom. The second-order valence-corrected chi connectivity index (χ2v) is 5.42. The molecule has 7 nitrogen and oxygen atoms in total. The molecule has 124 valence electrons. The van der Waals surface area contributed by atoms with Gasteiger partial charge in [0.1, 0.15) is 0 Å². The van der Waals surface area contributed by atoms with Crippen molar-refractivity contribution in [1.29, 1.82) is 0 Å².